The van der Waals surface area contributed by atoms with Gasteiger partial charge in [-0.2, -0.15) is 0 Å². The number of ether oxygens (including phenoxy) is 1. The summed E-state index contributed by atoms with van der Waals surface area (Å²) in [6.07, 6.45) is 1.93. The van der Waals surface area contributed by atoms with Crippen molar-refractivity contribution >= 4 is 22.8 Å². The number of rotatable bonds is 3. The van der Waals surface area contributed by atoms with Crippen LogP contribution >= 0.6 is 0 Å². The van der Waals surface area contributed by atoms with E-state index < -0.39 is 47.6 Å². The number of carboxylic acid groups (broad SMARTS) is 1. The van der Waals surface area contributed by atoms with Crippen molar-refractivity contribution in [2.45, 2.75) is 32.4 Å². The minimum absolute atomic E-state index is 0.0715. The van der Waals surface area contributed by atoms with Crippen LogP contribution < -0.4 is 15.6 Å². The molecule has 2 atom stereocenters. The van der Waals surface area contributed by atoms with Crippen molar-refractivity contribution in [1.82, 2.24) is 9.88 Å². The molecule has 0 aliphatic carbocycles. The molecule has 1 amide bonds. The quantitative estimate of drug-likeness (QED) is 0.268. The second-order valence-corrected chi connectivity index (χ2v) is 10.2. The lowest BCUT2D eigenvalue weighted by molar-refractivity contribution is -0.137. The number of carbonyl (C=O) groups is 2. The van der Waals surface area contributed by atoms with Crippen LogP contribution in [0.2, 0.25) is 0 Å². The molecule has 0 saturated heterocycles. The van der Waals surface area contributed by atoms with Crippen LogP contribution in [0.5, 0.6) is 11.5 Å². The summed E-state index contributed by atoms with van der Waals surface area (Å²) < 4.78 is 43.8. The lowest BCUT2D eigenvalue weighted by Gasteiger charge is -2.25. The van der Waals surface area contributed by atoms with E-state index in [9.17, 15) is 19.5 Å². The highest BCUT2D eigenvalue weighted by atomic mass is 19.1. The Morgan fingerprint density at radius 2 is 1.81 bits per heavy atom. The van der Waals surface area contributed by atoms with Gasteiger partial charge in [-0.3, -0.25) is 19.0 Å². The number of benzene rings is 3. The molecule has 3 aromatic carbocycles. The minimum Gasteiger partial charge on any atom is -0.481 e. The van der Waals surface area contributed by atoms with Crippen molar-refractivity contribution in [2.24, 2.45) is 0 Å². The van der Waals surface area contributed by atoms with Crippen molar-refractivity contribution in [1.29, 1.82) is 0 Å². The fraction of sp³-hybridized carbons (Fsp3) is 0.156. The molecule has 42 heavy (non-hydrogen) atoms. The maximum atomic E-state index is 15.7. The molecule has 1 aliphatic rings. The predicted octanol–water partition coefficient (Wildman–Crippen LogP) is 6.18. The molecule has 212 valence electrons. The number of carbonyl (C=O) groups excluding carboxylic acids is 1. The van der Waals surface area contributed by atoms with Crippen LogP contribution in [0.15, 0.2) is 82.3 Å². The third kappa shape index (κ3) is 4.60. The molecule has 6 rings (SSSR count). The zero-order valence-electron chi connectivity index (χ0n) is 22.5. The van der Waals surface area contributed by atoms with Crippen LogP contribution in [-0.2, 0) is 9.59 Å². The Hall–Kier alpha value is -5.25. The first kappa shape index (κ1) is 26.9. The molecule has 1 aliphatic heterocycles. The fourth-order valence-electron chi connectivity index (χ4n) is 5.48. The molecule has 0 fully saturated rings. The molecule has 4 bridgehead atoms. The van der Waals surface area contributed by atoms with E-state index in [0.29, 0.717) is 16.9 Å². The molecule has 2 unspecified atom stereocenters. The number of fused-ring (bicyclic) bond motifs is 7. The number of carboxylic acids is 1. The van der Waals surface area contributed by atoms with Gasteiger partial charge in [-0.05, 0) is 79.1 Å². The molecule has 5 aromatic rings. The summed E-state index contributed by atoms with van der Waals surface area (Å²) in [5.41, 5.74) is 1.52. The van der Waals surface area contributed by atoms with Gasteiger partial charge < -0.3 is 19.6 Å². The summed E-state index contributed by atoms with van der Waals surface area (Å²) >= 11 is 0. The van der Waals surface area contributed by atoms with Crippen molar-refractivity contribution in [3.05, 3.63) is 117 Å². The standard InChI is InChI=1S/C32H24F2N2O6/c1-16-4-3-5-26-28(16)18-12-17(2)29(34)22(13-18)24(15-27(37)38)35-31(39)30(21-14-19(42-26)6-7-23(21)33)36-10-8-25-20(32(36)40)9-11-41-25/h3-14,24,30H,15H2,1-2H3,(H,35,39)(H,37,38). The van der Waals surface area contributed by atoms with E-state index in [1.54, 1.807) is 25.1 Å². The van der Waals surface area contributed by atoms with E-state index in [2.05, 4.69) is 5.32 Å². The van der Waals surface area contributed by atoms with Crippen LogP contribution in [-0.4, -0.2) is 21.6 Å². The number of hydrogen-bond acceptors (Lipinski definition) is 5. The first-order valence-electron chi connectivity index (χ1n) is 13.1. The average molecular weight is 571 g/mol. The van der Waals surface area contributed by atoms with Gasteiger partial charge in [-0.15, -0.1) is 0 Å². The number of aliphatic carboxylic acids is 1. The van der Waals surface area contributed by atoms with E-state index in [1.807, 2.05) is 13.0 Å². The van der Waals surface area contributed by atoms with Crippen molar-refractivity contribution in [3.8, 4) is 22.6 Å². The van der Waals surface area contributed by atoms with Crippen LogP contribution in [0.4, 0.5) is 8.78 Å². The summed E-state index contributed by atoms with van der Waals surface area (Å²) in [7, 11) is 0. The number of aryl methyl sites for hydroxylation is 2. The highest BCUT2D eigenvalue weighted by Crippen LogP contribution is 2.40. The number of pyridine rings is 1. The Morgan fingerprint density at radius 1 is 1.00 bits per heavy atom. The first-order chi connectivity index (χ1) is 20.1. The number of halogens is 2. The van der Waals surface area contributed by atoms with Crippen LogP contribution in [0.1, 0.15) is 40.8 Å². The van der Waals surface area contributed by atoms with E-state index >= 15 is 8.78 Å². The highest BCUT2D eigenvalue weighted by molar-refractivity contribution is 5.86. The molecule has 2 N–H and O–H groups in total. The molecule has 3 heterocycles. The molecular formula is C32H24F2N2O6. The van der Waals surface area contributed by atoms with Crippen LogP contribution in [0.3, 0.4) is 0 Å². The van der Waals surface area contributed by atoms with Crippen molar-refractivity contribution in [2.75, 3.05) is 0 Å². The third-order valence-corrected chi connectivity index (χ3v) is 7.44. The minimum atomic E-state index is -1.61. The molecule has 2 aromatic heterocycles. The molecule has 0 radical (unpaired) electrons. The average Bonchev–Trinajstić information content (AvgIpc) is 3.42. The van der Waals surface area contributed by atoms with Crippen LogP contribution in [0.25, 0.3) is 22.1 Å². The van der Waals surface area contributed by atoms with Gasteiger partial charge in [0.25, 0.3) is 5.56 Å². The largest absolute Gasteiger partial charge is 0.481 e. The molecule has 8 nitrogen and oxygen atoms in total. The van der Waals surface area contributed by atoms with Crippen molar-refractivity contribution in [3.63, 3.8) is 0 Å². The lowest BCUT2D eigenvalue weighted by atomic mass is 9.92. The summed E-state index contributed by atoms with van der Waals surface area (Å²) in [6, 6.07) is 12.2. The molecule has 0 saturated carbocycles. The molecule has 10 heteroatoms. The summed E-state index contributed by atoms with van der Waals surface area (Å²) in [5.74, 6) is -3.15. The molecular weight excluding hydrogens is 546 g/mol. The number of nitrogens with one attached hydrogen (secondary N) is 1. The predicted molar refractivity (Wildman–Crippen MR) is 150 cm³/mol. The summed E-state index contributed by atoms with van der Waals surface area (Å²) in [4.78, 5) is 39.5. The van der Waals surface area contributed by atoms with Gasteiger partial charge in [-0.1, -0.05) is 12.1 Å². The van der Waals surface area contributed by atoms with Gasteiger partial charge in [0.1, 0.15) is 34.8 Å². The fourth-order valence-corrected chi connectivity index (χ4v) is 5.48. The number of nitrogens with zero attached hydrogens (tertiary/aromatic N) is 1. The normalized spacial score (nSPS) is 16.4. The monoisotopic (exact) mass is 570 g/mol. The Bertz CT molecular complexity index is 1960. The maximum Gasteiger partial charge on any atom is 0.305 e. The lowest BCUT2D eigenvalue weighted by Crippen LogP contribution is -2.40. The van der Waals surface area contributed by atoms with Crippen LogP contribution in [0, 0.1) is 25.5 Å². The summed E-state index contributed by atoms with van der Waals surface area (Å²) in [6.45, 7) is 3.39. The highest BCUT2D eigenvalue weighted by Gasteiger charge is 2.32. The first-order valence-corrected chi connectivity index (χ1v) is 13.1. The SMILES string of the molecule is Cc1cc2cc(c1F)C(CC(=O)O)NC(=O)C(n1ccc3occc3c1=O)c1cc(ccc1F)Oc1cccc(C)c1-2. The van der Waals surface area contributed by atoms with E-state index in [-0.39, 0.29) is 33.4 Å². The van der Waals surface area contributed by atoms with Gasteiger partial charge in [0.05, 0.1) is 24.1 Å². The Labute approximate surface area is 237 Å². The Morgan fingerprint density at radius 3 is 2.60 bits per heavy atom. The Kier molecular flexibility index (Phi) is 6.61. The van der Waals surface area contributed by atoms with E-state index in [1.165, 1.54) is 42.8 Å². The van der Waals surface area contributed by atoms with Gasteiger partial charge in [0.15, 0.2) is 0 Å². The third-order valence-electron chi connectivity index (χ3n) is 7.44. The number of furan rings is 1. The topological polar surface area (TPSA) is 111 Å². The number of hydrogen-bond donors (Lipinski definition) is 2. The Balaban J connectivity index is 1.65. The zero-order valence-corrected chi connectivity index (χ0v) is 22.5. The molecule has 0 spiro atoms. The van der Waals surface area contributed by atoms with Crippen molar-refractivity contribution < 1.29 is 32.6 Å². The maximum absolute atomic E-state index is 15.7. The van der Waals surface area contributed by atoms with E-state index in [4.69, 9.17) is 9.15 Å². The van der Waals surface area contributed by atoms with E-state index in [0.717, 1.165) is 16.2 Å². The number of aromatic nitrogens is 1. The summed E-state index contributed by atoms with van der Waals surface area (Å²) in [5, 5.41) is 12.5. The second-order valence-electron chi connectivity index (χ2n) is 10.2. The van der Waals surface area contributed by atoms with Gasteiger partial charge in [-0.25, -0.2) is 8.78 Å². The van der Waals surface area contributed by atoms with Gasteiger partial charge in [0, 0.05) is 22.9 Å². The van der Waals surface area contributed by atoms with Gasteiger partial charge >= 0.3 is 5.97 Å². The van der Waals surface area contributed by atoms with Gasteiger partial charge in [0.2, 0.25) is 5.91 Å². The number of amides is 1. The zero-order chi connectivity index (χ0) is 29.7. The second kappa shape index (κ2) is 10.3. The smallest absolute Gasteiger partial charge is 0.305 e.